The Kier molecular flexibility index (Phi) is 6.04. The van der Waals surface area contributed by atoms with Gasteiger partial charge < -0.3 is 4.57 Å². The van der Waals surface area contributed by atoms with Crippen molar-refractivity contribution in [2.45, 2.75) is 27.7 Å². The van der Waals surface area contributed by atoms with Gasteiger partial charge in [-0.25, -0.2) is 4.68 Å². The van der Waals surface area contributed by atoms with E-state index in [9.17, 15) is 9.59 Å². The van der Waals surface area contributed by atoms with Gasteiger partial charge in [-0.2, -0.15) is 5.10 Å². The standard InChI is InChI=1S/C27H27N3O2S/c1-18-11-9-10-14-21(18)25-19(17-30(28-25)20-12-7-6-8-13-20)15-22-26(32)29(5)24(33-22)16-23(31)27(2,3)4/h6-17H,1-5H3/b22-15-,24-16-. The molecule has 0 spiro atoms. The molecule has 2 heterocycles. The van der Waals surface area contributed by atoms with Crippen molar-refractivity contribution in [2.75, 3.05) is 0 Å². The SMILES string of the molecule is Cc1ccccc1-c1nn(-c2ccccc2)cc1/C=c1\s/c(=C\C(=O)C(C)(C)C)n(C)c1=O. The summed E-state index contributed by atoms with van der Waals surface area (Å²) < 4.78 is 4.57. The molecule has 0 N–H and O–H groups in total. The van der Waals surface area contributed by atoms with Gasteiger partial charge in [0.25, 0.3) is 5.56 Å². The Morgan fingerprint density at radius 3 is 2.36 bits per heavy atom. The number of Topliss-reactive ketones (excluding diaryl/α,β-unsaturated/α-hetero) is 1. The Hall–Kier alpha value is -3.51. The van der Waals surface area contributed by atoms with E-state index >= 15 is 0 Å². The third-order valence-electron chi connectivity index (χ3n) is 5.50. The van der Waals surface area contributed by atoms with E-state index in [1.54, 1.807) is 13.1 Å². The van der Waals surface area contributed by atoms with Crippen molar-refractivity contribution >= 4 is 29.3 Å². The Labute approximate surface area is 197 Å². The number of nitrogens with zero attached hydrogens (tertiary/aromatic N) is 3. The first kappa shape index (κ1) is 22.7. The fourth-order valence-electron chi connectivity index (χ4n) is 3.43. The molecule has 0 amide bonds. The third-order valence-corrected chi connectivity index (χ3v) is 6.62. The fourth-order valence-corrected chi connectivity index (χ4v) is 4.45. The summed E-state index contributed by atoms with van der Waals surface area (Å²) in [5.74, 6) is -0.0107. The average molecular weight is 458 g/mol. The van der Waals surface area contributed by atoms with E-state index in [2.05, 4.69) is 13.0 Å². The number of aryl methyl sites for hydroxylation is 1. The van der Waals surface area contributed by atoms with E-state index in [1.807, 2.05) is 86.3 Å². The molecule has 0 unspecified atom stereocenters. The molecule has 4 rings (SSSR count). The maximum absolute atomic E-state index is 13.0. The van der Waals surface area contributed by atoms with Crippen LogP contribution in [0.2, 0.25) is 0 Å². The quantitative estimate of drug-likeness (QED) is 0.468. The van der Waals surface area contributed by atoms with E-state index in [1.165, 1.54) is 15.9 Å². The highest BCUT2D eigenvalue weighted by atomic mass is 32.1. The van der Waals surface area contributed by atoms with Crippen molar-refractivity contribution in [2.24, 2.45) is 12.5 Å². The molecule has 0 fully saturated rings. The molecule has 168 valence electrons. The van der Waals surface area contributed by atoms with E-state index in [4.69, 9.17) is 5.10 Å². The van der Waals surface area contributed by atoms with Crippen LogP contribution in [0.15, 0.2) is 65.6 Å². The van der Waals surface area contributed by atoms with Crippen LogP contribution >= 0.6 is 11.3 Å². The molecule has 0 aliphatic rings. The van der Waals surface area contributed by atoms with Crippen LogP contribution in [0.1, 0.15) is 31.9 Å². The molecule has 0 saturated carbocycles. The Morgan fingerprint density at radius 1 is 1.03 bits per heavy atom. The van der Waals surface area contributed by atoms with Crippen LogP contribution in [-0.4, -0.2) is 20.1 Å². The first-order valence-electron chi connectivity index (χ1n) is 10.8. The van der Waals surface area contributed by atoms with Crippen molar-refractivity contribution in [3.63, 3.8) is 0 Å². The lowest BCUT2D eigenvalue weighted by molar-refractivity contribution is -0.120. The number of carbonyl (C=O) groups excluding carboxylic acids is 1. The minimum Gasteiger partial charge on any atom is -0.302 e. The van der Waals surface area contributed by atoms with Gasteiger partial charge in [-0.05, 0) is 30.7 Å². The maximum atomic E-state index is 13.0. The monoisotopic (exact) mass is 457 g/mol. The molecule has 4 aromatic rings. The number of hydrogen-bond acceptors (Lipinski definition) is 4. The van der Waals surface area contributed by atoms with Crippen LogP contribution in [0.3, 0.4) is 0 Å². The van der Waals surface area contributed by atoms with Crippen LogP contribution < -0.4 is 14.8 Å². The van der Waals surface area contributed by atoms with Gasteiger partial charge in [-0.1, -0.05) is 63.2 Å². The molecule has 0 bridgehead atoms. The van der Waals surface area contributed by atoms with Crippen molar-refractivity contribution in [1.82, 2.24) is 14.3 Å². The number of aromatic nitrogens is 3. The zero-order valence-electron chi connectivity index (χ0n) is 19.5. The van der Waals surface area contributed by atoms with Gasteiger partial charge in [0.05, 0.1) is 10.2 Å². The Morgan fingerprint density at radius 2 is 1.70 bits per heavy atom. The lowest BCUT2D eigenvalue weighted by Gasteiger charge is -2.12. The summed E-state index contributed by atoms with van der Waals surface area (Å²) >= 11 is 1.32. The predicted octanol–water partition coefficient (Wildman–Crippen LogP) is 3.83. The molecule has 33 heavy (non-hydrogen) atoms. The van der Waals surface area contributed by atoms with Gasteiger partial charge in [0.1, 0.15) is 10.4 Å². The van der Waals surface area contributed by atoms with Gasteiger partial charge in [0.15, 0.2) is 5.78 Å². The molecule has 0 radical (unpaired) electrons. The molecule has 2 aromatic heterocycles. The minimum atomic E-state index is -0.501. The molecule has 5 nitrogen and oxygen atoms in total. The summed E-state index contributed by atoms with van der Waals surface area (Å²) in [7, 11) is 1.70. The number of hydrogen-bond donors (Lipinski definition) is 0. The second kappa shape index (κ2) is 8.79. The van der Waals surface area contributed by atoms with Gasteiger partial charge >= 0.3 is 0 Å². The van der Waals surface area contributed by atoms with E-state index in [0.717, 1.165) is 28.1 Å². The normalized spacial score (nSPS) is 13.0. The summed E-state index contributed by atoms with van der Waals surface area (Å²) in [6.45, 7) is 7.67. The largest absolute Gasteiger partial charge is 0.302 e. The van der Waals surface area contributed by atoms with Gasteiger partial charge in [-0.15, -0.1) is 11.3 Å². The second-order valence-corrected chi connectivity index (χ2v) is 10.2. The number of rotatable bonds is 4. The summed E-state index contributed by atoms with van der Waals surface area (Å²) in [6.07, 6.45) is 5.39. The molecule has 6 heteroatoms. The fraction of sp³-hybridized carbons (Fsp3) is 0.222. The van der Waals surface area contributed by atoms with Crippen LogP contribution in [-0.2, 0) is 11.8 Å². The number of benzene rings is 2. The maximum Gasteiger partial charge on any atom is 0.268 e. The van der Waals surface area contributed by atoms with Crippen molar-refractivity contribution < 1.29 is 4.79 Å². The lowest BCUT2D eigenvalue weighted by atomic mass is 9.91. The Bertz CT molecular complexity index is 1500. The topological polar surface area (TPSA) is 56.9 Å². The minimum absolute atomic E-state index is 0.0107. The molecular weight excluding hydrogens is 430 g/mol. The molecule has 0 atom stereocenters. The third kappa shape index (κ3) is 4.66. The van der Waals surface area contributed by atoms with Crippen molar-refractivity contribution in [1.29, 1.82) is 0 Å². The van der Waals surface area contributed by atoms with Crippen LogP contribution in [0, 0.1) is 12.3 Å². The van der Waals surface area contributed by atoms with Crippen molar-refractivity contribution in [3.8, 4) is 16.9 Å². The van der Waals surface area contributed by atoms with Crippen LogP contribution in [0.25, 0.3) is 29.1 Å². The molecule has 0 aliphatic heterocycles. The Balaban J connectivity index is 1.93. The summed E-state index contributed by atoms with van der Waals surface area (Å²) in [6, 6.07) is 18.0. The highest BCUT2D eigenvalue weighted by molar-refractivity contribution is 7.07. The van der Waals surface area contributed by atoms with Gasteiger partial charge in [-0.3, -0.25) is 9.59 Å². The highest BCUT2D eigenvalue weighted by Gasteiger charge is 2.19. The molecule has 2 aromatic carbocycles. The molecule has 0 saturated heterocycles. The molecular formula is C27H27N3O2S. The lowest BCUT2D eigenvalue weighted by Crippen LogP contribution is -2.30. The first-order chi connectivity index (χ1) is 15.6. The average Bonchev–Trinajstić information content (AvgIpc) is 3.31. The first-order valence-corrected chi connectivity index (χ1v) is 11.6. The second-order valence-electron chi connectivity index (χ2n) is 9.10. The number of para-hydroxylation sites is 1. The zero-order chi connectivity index (χ0) is 23.8. The predicted molar refractivity (Wildman–Crippen MR) is 135 cm³/mol. The summed E-state index contributed by atoms with van der Waals surface area (Å²) in [5.41, 5.74) is 4.09. The van der Waals surface area contributed by atoms with E-state index in [-0.39, 0.29) is 11.3 Å². The number of ketones is 1. The highest BCUT2D eigenvalue weighted by Crippen LogP contribution is 2.27. The van der Waals surface area contributed by atoms with Gasteiger partial charge in [0, 0.05) is 35.9 Å². The van der Waals surface area contributed by atoms with Crippen LogP contribution in [0.4, 0.5) is 0 Å². The number of carbonyl (C=O) groups is 1. The zero-order valence-corrected chi connectivity index (χ0v) is 20.3. The van der Waals surface area contributed by atoms with Crippen molar-refractivity contribution in [3.05, 3.63) is 91.5 Å². The van der Waals surface area contributed by atoms with Crippen LogP contribution in [0.5, 0.6) is 0 Å². The number of thiazole rings is 1. The summed E-state index contributed by atoms with van der Waals surface area (Å²) in [4.78, 5) is 25.5. The molecule has 0 aliphatic carbocycles. The smallest absolute Gasteiger partial charge is 0.268 e. The van der Waals surface area contributed by atoms with E-state index < -0.39 is 5.41 Å². The summed E-state index contributed by atoms with van der Waals surface area (Å²) in [5, 5.41) is 4.87. The van der Waals surface area contributed by atoms with E-state index in [0.29, 0.717) is 9.20 Å². The van der Waals surface area contributed by atoms with Gasteiger partial charge in [0.2, 0.25) is 0 Å².